The van der Waals surface area contributed by atoms with Crippen molar-refractivity contribution in [2.24, 2.45) is 0 Å². The predicted molar refractivity (Wildman–Crippen MR) is 118 cm³/mol. The first-order chi connectivity index (χ1) is 15.8. The molecule has 1 saturated heterocycles. The summed E-state index contributed by atoms with van der Waals surface area (Å²) in [7, 11) is 0. The molecule has 0 radical (unpaired) electrons. The van der Waals surface area contributed by atoms with Crippen molar-refractivity contribution in [1.29, 1.82) is 0 Å². The standard InChI is InChI=1S/C21H21ClF3N7O/c22-18-15-4-1-2-5-16(15)19(30-29-18)26-7-3-6-17(33)31-8-10-32(11-9-31)20-27-12-14(13-28-20)21(23,24)25/h1-2,4-5,12-13H,3,6-11H2,(H,26,30). The minimum Gasteiger partial charge on any atom is -0.368 e. The van der Waals surface area contributed by atoms with Crippen LogP contribution in [0.3, 0.4) is 0 Å². The van der Waals surface area contributed by atoms with Crippen LogP contribution in [0.1, 0.15) is 18.4 Å². The molecule has 33 heavy (non-hydrogen) atoms. The third kappa shape index (κ3) is 5.41. The second-order valence-corrected chi connectivity index (χ2v) is 7.91. The molecular weight excluding hydrogens is 459 g/mol. The summed E-state index contributed by atoms with van der Waals surface area (Å²) < 4.78 is 38.0. The van der Waals surface area contributed by atoms with Crippen molar-refractivity contribution < 1.29 is 18.0 Å². The Bertz CT molecular complexity index is 1120. The fourth-order valence-electron chi connectivity index (χ4n) is 3.59. The summed E-state index contributed by atoms with van der Waals surface area (Å²) in [6, 6.07) is 7.55. The maximum absolute atomic E-state index is 12.7. The Balaban J connectivity index is 1.23. The van der Waals surface area contributed by atoms with Crippen molar-refractivity contribution >= 4 is 40.0 Å². The largest absolute Gasteiger partial charge is 0.419 e. The number of carbonyl (C=O) groups is 1. The molecule has 12 heteroatoms. The number of carbonyl (C=O) groups excluding carboxylic acids is 1. The first kappa shape index (κ1) is 23.0. The molecule has 3 aromatic rings. The minimum atomic E-state index is -4.47. The van der Waals surface area contributed by atoms with Gasteiger partial charge in [-0.3, -0.25) is 4.79 Å². The number of nitrogens with zero attached hydrogens (tertiary/aromatic N) is 6. The summed E-state index contributed by atoms with van der Waals surface area (Å²) in [6.07, 6.45) is -1.93. The molecular formula is C21H21ClF3N7O. The van der Waals surface area contributed by atoms with Gasteiger partial charge in [0.1, 0.15) is 0 Å². The van der Waals surface area contributed by atoms with E-state index in [4.69, 9.17) is 11.6 Å². The van der Waals surface area contributed by atoms with Crippen LogP contribution < -0.4 is 10.2 Å². The van der Waals surface area contributed by atoms with Gasteiger partial charge in [-0.2, -0.15) is 13.2 Å². The topological polar surface area (TPSA) is 87.1 Å². The highest BCUT2D eigenvalue weighted by Gasteiger charge is 2.32. The highest BCUT2D eigenvalue weighted by Crippen LogP contribution is 2.28. The quantitative estimate of drug-likeness (QED) is 0.540. The Labute approximate surface area is 192 Å². The van der Waals surface area contributed by atoms with Gasteiger partial charge in [-0.1, -0.05) is 35.9 Å². The molecule has 0 atom stereocenters. The Morgan fingerprint density at radius 2 is 1.70 bits per heavy atom. The number of hydrogen-bond acceptors (Lipinski definition) is 7. The van der Waals surface area contributed by atoms with Crippen molar-refractivity contribution in [2.75, 3.05) is 42.9 Å². The van der Waals surface area contributed by atoms with Gasteiger partial charge in [0.05, 0.1) is 5.56 Å². The van der Waals surface area contributed by atoms with Crippen LogP contribution in [-0.2, 0) is 11.0 Å². The monoisotopic (exact) mass is 479 g/mol. The van der Waals surface area contributed by atoms with Crippen LogP contribution >= 0.6 is 11.6 Å². The molecule has 3 heterocycles. The van der Waals surface area contributed by atoms with Gasteiger partial charge in [-0.25, -0.2) is 9.97 Å². The molecule has 0 aliphatic carbocycles. The van der Waals surface area contributed by atoms with Gasteiger partial charge in [0, 0.05) is 62.3 Å². The summed E-state index contributed by atoms with van der Waals surface area (Å²) >= 11 is 6.08. The van der Waals surface area contributed by atoms with E-state index in [2.05, 4.69) is 25.5 Å². The first-order valence-electron chi connectivity index (χ1n) is 10.4. The lowest BCUT2D eigenvalue weighted by molar-refractivity contribution is -0.138. The zero-order valence-electron chi connectivity index (χ0n) is 17.5. The van der Waals surface area contributed by atoms with Gasteiger partial charge < -0.3 is 15.1 Å². The van der Waals surface area contributed by atoms with Crippen LogP contribution in [0.2, 0.25) is 5.15 Å². The molecule has 174 valence electrons. The smallest absolute Gasteiger partial charge is 0.368 e. The molecule has 0 saturated carbocycles. The Morgan fingerprint density at radius 1 is 1.03 bits per heavy atom. The van der Waals surface area contributed by atoms with Crippen molar-refractivity contribution in [2.45, 2.75) is 19.0 Å². The van der Waals surface area contributed by atoms with Crippen molar-refractivity contribution in [1.82, 2.24) is 25.1 Å². The number of alkyl halides is 3. The third-order valence-electron chi connectivity index (χ3n) is 5.38. The van der Waals surface area contributed by atoms with Crippen molar-refractivity contribution in [3.05, 3.63) is 47.4 Å². The number of aromatic nitrogens is 4. The lowest BCUT2D eigenvalue weighted by atomic mass is 10.2. The van der Waals surface area contributed by atoms with Gasteiger partial charge in [0.15, 0.2) is 11.0 Å². The molecule has 1 fully saturated rings. The molecule has 4 rings (SSSR count). The van der Waals surface area contributed by atoms with E-state index >= 15 is 0 Å². The van der Waals surface area contributed by atoms with Gasteiger partial charge in [0.2, 0.25) is 11.9 Å². The maximum atomic E-state index is 12.7. The number of amides is 1. The molecule has 1 aromatic carbocycles. The van der Waals surface area contributed by atoms with Crippen LogP contribution in [0.5, 0.6) is 0 Å². The Kier molecular flexibility index (Phi) is 6.77. The molecule has 2 aromatic heterocycles. The number of anilines is 2. The Hall–Kier alpha value is -3.21. The van der Waals surface area contributed by atoms with Crippen molar-refractivity contribution in [3.8, 4) is 0 Å². The van der Waals surface area contributed by atoms with E-state index in [1.165, 1.54) is 0 Å². The van der Waals surface area contributed by atoms with E-state index in [1.807, 2.05) is 24.3 Å². The minimum absolute atomic E-state index is 0.0248. The van der Waals surface area contributed by atoms with Crippen LogP contribution in [0.25, 0.3) is 10.8 Å². The first-order valence-corrected chi connectivity index (χ1v) is 10.8. The predicted octanol–water partition coefficient (Wildman–Crippen LogP) is 3.63. The zero-order valence-corrected chi connectivity index (χ0v) is 18.3. The summed E-state index contributed by atoms with van der Waals surface area (Å²) in [5.41, 5.74) is -0.883. The van der Waals surface area contributed by atoms with E-state index in [0.717, 1.165) is 23.2 Å². The summed E-state index contributed by atoms with van der Waals surface area (Å²) in [6.45, 7) is 2.39. The highest BCUT2D eigenvalue weighted by molar-refractivity contribution is 6.34. The second-order valence-electron chi connectivity index (χ2n) is 7.55. The SMILES string of the molecule is O=C(CCCNc1nnc(Cl)c2ccccc12)N1CCN(c2ncc(C(F)(F)F)cn2)CC1. The number of hydrogen-bond donors (Lipinski definition) is 1. The van der Waals surface area contributed by atoms with E-state index in [1.54, 1.807) is 9.80 Å². The lowest BCUT2D eigenvalue weighted by Gasteiger charge is -2.34. The van der Waals surface area contributed by atoms with Crippen LogP contribution in [0.15, 0.2) is 36.7 Å². The number of rotatable bonds is 6. The Morgan fingerprint density at radius 3 is 2.36 bits per heavy atom. The number of nitrogens with one attached hydrogen (secondary N) is 1. The molecule has 0 unspecified atom stereocenters. The summed E-state index contributed by atoms with van der Waals surface area (Å²) in [5, 5.41) is 13.3. The number of halogens is 4. The van der Waals surface area contributed by atoms with Gasteiger partial charge in [-0.05, 0) is 6.42 Å². The summed E-state index contributed by atoms with van der Waals surface area (Å²) in [4.78, 5) is 23.7. The van der Waals surface area contributed by atoms with E-state index in [0.29, 0.717) is 56.5 Å². The van der Waals surface area contributed by atoms with Gasteiger partial charge >= 0.3 is 6.18 Å². The zero-order chi connectivity index (χ0) is 23.4. The van der Waals surface area contributed by atoms with E-state index in [-0.39, 0.29) is 11.9 Å². The van der Waals surface area contributed by atoms with Crippen molar-refractivity contribution in [3.63, 3.8) is 0 Å². The van der Waals surface area contributed by atoms with Gasteiger partial charge in [0.25, 0.3) is 0 Å². The lowest BCUT2D eigenvalue weighted by Crippen LogP contribution is -2.49. The van der Waals surface area contributed by atoms with Crippen LogP contribution in [0.4, 0.5) is 24.9 Å². The van der Waals surface area contributed by atoms with Gasteiger partial charge in [-0.15, -0.1) is 10.2 Å². The number of fused-ring (bicyclic) bond motifs is 1. The number of piperazine rings is 1. The van der Waals surface area contributed by atoms with E-state index < -0.39 is 11.7 Å². The molecule has 0 spiro atoms. The molecule has 1 aliphatic rings. The van der Waals surface area contributed by atoms with E-state index in [9.17, 15) is 18.0 Å². The highest BCUT2D eigenvalue weighted by atomic mass is 35.5. The maximum Gasteiger partial charge on any atom is 0.419 e. The number of benzene rings is 1. The summed E-state index contributed by atoms with van der Waals surface area (Å²) in [5.74, 6) is 0.875. The second kappa shape index (κ2) is 9.74. The third-order valence-corrected chi connectivity index (χ3v) is 5.66. The molecule has 0 bridgehead atoms. The van der Waals surface area contributed by atoms with Crippen LogP contribution in [0, 0.1) is 0 Å². The molecule has 1 N–H and O–H groups in total. The average molecular weight is 480 g/mol. The molecule has 1 amide bonds. The average Bonchev–Trinajstić information content (AvgIpc) is 2.83. The molecule has 1 aliphatic heterocycles. The van der Waals surface area contributed by atoms with Crippen LogP contribution in [-0.4, -0.2) is 63.7 Å². The molecule has 8 nitrogen and oxygen atoms in total. The normalized spacial score (nSPS) is 14.5. The fraction of sp³-hybridized carbons (Fsp3) is 0.381. The fourth-order valence-corrected chi connectivity index (χ4v) is 3.80.